The first-order valence-corrected chi connectivity index (χ1v) is 8.40. The second-order valence-corrected chi connectivity index (χ2v) is 6.73. The minimum absolute atomic E-state index is 0.0475. The van der Waals surface area contributed by atoms with Gasteiger partial charge in [0.1, 0.15) is 0 Å². The third kappa shape index (κ3) is 2.68. The average Bonchev–Trinajstić information content (AvgIpc) is 3.30. The molecule has 1 aromatic carbocycles. The lowest BCUT2D eigenvalue weighted by Crippen LogP contribution is -2.18. The van der Waals surface area contributed by atoms with E-state index in [1.54, 1.807) is 11.6 Å². The second-order valence-electron chi connectivity index (χ2n) is 6.73. The molecule has 1 unspecified atom stereocenters. The van der Waals surface area contributed by atoms with Crippen molar-refractivity contribution in [1.82, 2.24) is 14.3 Å². The minimum Gasteiger partial charge on any atom is -0.318 e. The van der Waals surface area contributed by atoms with Crippen LogP contribution < -0.4 is 5.56 Å². The maximum Gasteiger partial charge on any atom is 0.253 e. The Labute approximate surface area is 141 Å². The van der Waals surface area contributed by atoms with Gasteiger partial charge in [-0.1, -0.05) is 30.3 Å². The zero-order valence-corrected chi connectivity index (χ0v) is 14.0. The highest BCUT2D eigenvalue weighted by Gasteiger charge is 2.34. The number of hydrogen-bond donors (Lipinski definition) is 0. The van der Waals surface area contributed by atoms with E-state index in [2.05, 4.69) is 46.3 Å². The molecule has 4 rings (SSSR count). The first-order valence-electron chi connectivity index (χ1n) is 8.40. The van der Waals surface area contributed by atoms with Gasteiger partial charge in [0.25, 0.3) is 5.56 Å². The Morgan fingerprint density at radius 1 is 1.12 bits per heavy atom. The summed E-state index contributed by atoms with van der Waals surface area (Å²) >= 11 is 0. The van der Waals surface area contributed by atoms with Gasteiger partial charge in [0.05, 0.1) is 12.2 Å². The van der Waals surface area contributed by atoms with E-state index in [0.717, 1.165) is 16.7 Å². The zero-order chi connectivity index (χ0) is 16.7. The Hall–Kier alpha value is -2.62. The van der Waals surface area contributed by atoms with Crippen LogP contribution in [0.15, 0.2) is 59.8 Å². The van der Waals surface area contributed by atoms with E-state index in [0.29, 0.717) is 12.0 Å². The molecule has 0 spiro atoms. The SMILES string of the molecule is Cc1cc(-c2cnn(C(c3ccccc3)C3CC3)c2)cn(C)c1=O. The highest BCUT2D eigenvalue weighted by Crippen LogP contribution is 2.43. The largest absolute Gasteiger partial charge is 0.318 e. The molecule has 1 aliphatic carbocycles. The van der Waals surface area contributed by atoms with Crippen LogP contribution in [0.25, 0.3) is 11.1 Å². The first kappa shape index (κ1) is 14.9. The Balaban J connectivity index is 1.73. The lowest BCUT2D eigenvalue weighted by Gasteiger charge is -2.17. The maximum atomic E-state index is 11.9. The number of aromatic nitrogens is 3. The van der Waals surface area contributed by atoms with E-state index < -0.39 is 0 Å². The molecular weight excluding hydrogens is 298 g/mol. The van der Waals surface area contributed by atoms with E-state index in [9.17, 15) is 4.79 Å². The zero-order valence-electron chi connectivity index (χ0n) is 14.0. The van der Waals surface area contributed by atoms with Crippen LogP contribution in [-0.4, -0.2) is 14.3 Å². The van der Waals surface area contributed by atoms with Crippen molar-refractivity contribution in [3.8, 4) is 11.1 Å². The number of benzene rings is 1. The molecule has 0 radical (unpaired) electrons. The Morgan fingerprint density at radius 3 is 2.54 bits per heavy atom. The predicted octanol–water partition coefficient (Wildman–Crippen LogP) is 3.56. The van der Waals surface area contributed by atoms with Gasteiger partial charge >= 0.3 is 0 Å². The number of aryl methyl sites for hydroxylation is 2. The van der Waals surface area contributed by atoms with Gasteiger partial charge < -0.3 is 4.57 Å². The van der Waals surface area contributed by atoms with Gasteiger partial charge in [0, 0.05) is 36.1 Å². The number of nitrogens with zero attached hydrogens (tertiary/aromatic N) is 3. The van der Waals surface area contributed by atoms with E-state index in [1.165, 1.54) is 18.4 Å². The summed E-state index contributed by atoms with van der Waals surface area (Å²) in [6.07, 6.45) is 8.40. The van der Waals surface area contributed by atoms with Crippen LogP contribution in [0.2, 0.25) is 0 Å². The Kier molecular flexibility index (Phi) is 3.60. The molecule has 0 amide bonds. The molecule has 2 heterocycles. The molecule has 122 valence electrons. The topological polar surface area (TPSA) is 39.8 Å². The van der Waals surface area contributed by atoms with Crippen molar-refractivity contribution in [3.05, 3.63) is 76.5 Å². The fraction of sp³-hybridized carbons (Fsp3) is 0.300. The first-order chi connectivity index (χ1) is 11.6. The summed E-state index contributed by atoms with van der Waals surface area (Å²) in [4.78, 5) is 11.9. The van der Waals surface area contributed by atoms with Crippen molar-refractivity contribution in [1.29, 1.82) is 0 Å². The third-order valence-electron chi connectivity index (χ3n) is 4.79. The summed E-state index contributed by atoms with van der Waals surface area (Å²) in [5.41, 5.74) is 4.20. The molecule has 3 aromatic rings. The van der Waals surface area contributed by atoms with Crippen molar-refractivity contribution >= 4 is 0 Å². The van der Waals surface area contributed by atoms with Gasteiger partial charge in [-0.3, -0.25) is 9.48 Å². The summed E-state index contributed by atoms with van der Waals surface area (Å²) in [6, 6.07) is 12.8. The van der Waals surface area contributed by atoms with Gasteiger partial charge in [0.2, 0.25) is 0 Å². The Bertz CT molecular complexity index is 893. The summed E-state index contributed by atoms with van der Waals surface area (Å²) in [6.45, 7) is 1.85. The van der Waals surface area contributed by atoms with Crippen LogP contribution >= 0.6 is 0 Å². The second kappa shape index (κ2) is 5.78. The van der Waals surface area contributed by atoms with Crippen LogP contribution in [0, 0.1) is 12.8 Å². The maximum absolute atomic E-state index is 11.9. The minimum atomic E-state index is 0.0475. The Morgan fingerprint density at radius 2 is 1.88 bits per heavy atom. The van der Waals surface area contributed by atoms with Gasteiger partial charge in [0.15, 0.2) is 0 Å². The summed E-state index contributed by atoms with van der Waals surface area (Å²) < 4.78 is 3.72. The molecule has 0 saturated heterocycles. The fourth-order valence-corrected chi connectivity index (χ4v) is 3.38. The smallest absolute Gasteiger partial charge is 0.253 e. The molecule has 1 aliphatic rings. The fourth-order valence-electron chi connectivity index (χ4n) is 3.38. The van der Waals surface area contributed by atoms with Crippen LogP contribution in [0.1, 0.15) is 30.0 Å². The quantitative estimate of drug-likeness (QED) is 0.738. The highest BCUT2D eigenvalue weighted by molar-refractivity contribution is 5.61. The van der Waals surface area contributed by atoms with Crippen LogP contribution in [0.3, 0.4) is 0 Å². The standard InChI is InChI=1S/C20H21N3O/c1-14-10-17(12-22(2)20(14)24)18-11-21-23(13-18)19(16-8-9-16)15-6-4-3-5-7-15/h3-7,10-13,16,19H,8-9H2,1-2H3. The number of pyridine rings is 1. The molecule has 0 aliphatic heterocycles. The van der Waals surface area contributed by atoms with Gasteiger partial charge in [-0.2, -0.15) is 5.10 Å². The van der Waals surface area contributed by atoms with Crippen LogP contribution in [-0.2, 0) is 7.05 Å². The molecule has 1 fully saturated rings. The van der Waals surface area contributed by atoms with Crippen LogP contribution in [0.5, 0.6) is 0 Å². The van der Waals surface area contributed by atoms with Gasteiger partial charge in [-0.25, -0.2) is 0 Å². The van der Waals surface area contributed by atoms with Crippen molar-refractivity contribution in [3.63, 3.8) is 0 Å². The molecule has 1 saturated carbocycles. The van der Waals surface area contributed by atoms with Gasteiger partial charge in [-0.15, -0.1) is 0 Å². The molecule has 24 heavy (non-hydrogen) atoms. The highest BCUT2D eigenvalue weighted by atomic mass is 16.1. The van der Waals surface area contributed by atoms with Crippen molar-refractivity contribution in [2.24, 2.45) is 13.0 Å². The summed E-state index contributed by atoms with van der Waals surface area (Å²) in [7, 11) is 1.79. The van der Waals surface area contributed by atoms with Gasteiger partial charge in [-0.05, 0) is 37.3 Å². The molecule has 0 N–H and O–H groups in total. The molecule has 1 atom stereocenters. The molecular formula is C20H21N3O. The van der Waals surface area contributed by atoms with Crippen molar-refractivity contribution < 1.29 is 0 Å². The van der Waals surface area contributed by atoms with Crippen LogP contribution in [0.4, 0.5) is 0 Å². The van der Waals surface area contributed by atoms with E-state index in [1.807, 2.05) is 25.4 Å². The van der Waals surface area contributed by atoms with E-state index >= 15 is 0 Å². The van der Waals surface area contributed by atoms with E-state index in [-0.39, 0.29) is 5.56 Å². The summed E-state index contributed by atoms with van der Waals surface area (Å²) in [5.74, 6) is 0.669. The molecule has 2 aromatic heterocycles. The molecule has 4 nitrogen and oxygen atoms in total. The number of hydrogen-bond acceptors (Lipinski definition) is 2. The number of rotatable bonds is 4. The molecule has 0 bridgehead atoms. The lowest BCUT2D eigenvalue weighted by atomic mass is 10.0. The third-order valence-corrected chi connectivity index (χ3v) is 4.79. The van der Waals surface area contributed by atoms with Crippen molar-refractivity contribution in [2.45, 2.75) is 25.8 Å². The van der Waals surface area contributed by atoms with E-state index in [4.69, 9.17) is 0 Å². The predicted molar refractivity (Wildman–Crippen MR) is 94.9 cm³/mol. The average molecular weight is 319 g/mol. The monoisotopic (exact) mass is 319 g/mol. The summed E-state index contributed by atoms with van der Waals surface area (Å²) in [5, 5.41) is 4.64. The normalized spacial score (nSPS) is 15.4. The molecule has 4 heteroatoms. The van der Waals surface area contributed by atoms with Crippen molar-refractivity contribution in [2.75, 3.05) is 0 Å². The lowest BCUT2D eigenvalue weighted by molar-refractivity contribution is 0.471.